The Morgan fingerprint density at radius 1 is 1.44 bits per heavy atom. The van der Waals surface area contributed by atoms with Crippen LogP contribution in [0.15, 0.2) is 18.3 Å². The molecule has 1 aromatic rings. The smallest absolute Gasteiger partial charge is 0.241 e. The molecule has 0 radical (unpaired) electrons. The van der Waals surface area contributed by atoms with E-state index in [1.54, 1.807) is 11.1 Å². The molecule has 1 amide bonds. The lowest BCUT2D eigenvalue weighted by Gasteiger charge is -2.27. The number of pyridine rings is 1. The number of nitrogens with one attached hydrogen (secondary N) is 1. The average Bonchev–Trinajstić information content (AvgIpc) is 2.30. The first-order valence-electron chi connectivity index (χ1n) is 5.33. The van der Waals surface area contributed by atoms with Gasteiger partial charge in [0.2, 0.25) is 5.91 Å². The Morgan fingerprint density at radius 3 is 2.81 bits per heavy atom. The number of carbonyl (C=O) groups excluding carboxylic acids is 1. The number of aromatic nitrogens is 1. The van der Waals surface area contributed by atoms with E-state index in [1.807, 2.05) is 31.1 Å². The number of hydrogen-bond donors (Lipinski definition) is 1. The Morgan fingerprint density at radius 2 is 2.25 bits per heavy atom. The first-order chi connectivity index (χ1) is 7.68. The highest BCUT2D eigenvalue weighted by Gasteiger charge is 2.19. The van der Waals surface area contributed by atoms with Crippen molar-refractivity contribution in [1.82, 2.24) is 10.3 Å². The van der Waals surface area contributed by atoms with Crippen LogP contribution < -0.4 is 15.1 Å². The molecule has 1 fully saturated rings. The van der Waals surface area contributed by atoms with Gasteiger partial charge in [-0.3, -0.25) is 4.79 Å². The maximum atomic E-state index is 11.6. The monoisotopic (exact) mass is 220 g/mol. The number of hydrogen-bond acceptors (Lipinski definition) is 4. The minimum absolute atomic E-state index is 0.102. The van der Waals surface area contributed by atoms with E-state index in [9.17, 15) is 4.79 Å². The van der Waals surface area contributed by atoms with E-state index in [0.29, 0.717) is 13.1 Å². The fourth-order valence-corrected chi connectivity index (χ4v) is 1.68. The maximum absolute atomic E-state index is 11.6. The SMILES string of the molecule is CN(C)c1ccc(N2CCNCC2=O)cn1. The highest BCUT2D eigenvalue weighted by molar-refractivity contribution is 5.95. The summed E-state index contributed by atoms with van der Waals surface area (Å²) in [6.45, 7) is 1.96. The van der Waals surface area contributed by atoms with Crippen molar-refractivity contribution in [3.63, 3.8) is 0 Å². The van der Waals surface area contributed by atoms with Gasteiger partial charge in [0.05, 0.1) is 18.4 Å². The van der Waals surface area contributed by atoms with Gasteiger partial charge in [-0.25, -0.2) is 4.98 Å². The summed E-state index contributed by atoms with van der Waals surface area (Å²) in [5, 5.41) is 3.04. The van der Waals surface area contributed by atoms with Crippen molar-refractivity contribution in [3.05, 3.63) is 18.3 Å². The molecule has 0 aromatic carbocycles. The molecule has 1 N–H and O–H groups in total. The molecule has 86 valence electrons. The standard InChI is InChI=1S/C11H16N4O/c1-14(2)10-4-3-9(7-13-10)15-6-5-12-8-11(15)16/h3-4,7,12H,5-6,8H2,1-2H3. The molecule has 5 nitrogen and oxygen atoms in total. The topological polar surface area (TPSA) is 48.5 Å². The molecule has 1 aromatic heterocycles. The third kappa shape index (κ3) is 2.14. The number of anilines is 2. The minimum Gasteiger partial charge on any atom is -0.363 e. The third-order valence-electron chi connectivity index (χ3n) is 2.59. The highest BCUT2D eigenvalue weighted by Crippen LogP contribution is 2.17. The van der Waals surface area contributed by atoms with E-state index >= 15 is 0 Å². The average molecular weight is 220 g/mol. The molecular weight excluding hydrogens is 204 g/mol. The second-order valence-electron chi connectivity index (χ2n) is 3.99. The van der Waals surface area contributed by atoms with Gasteiger partial charge in [-0.2, -0.15) is 0 Å². The zero-order valence-corrected chi connectivity index (χ0v) is 9.60. The highest BCUT2D eigenvalue weighted by atomic mass is 16.2. The third-order valence-corrected chi connectivity index (χ3v) is 2.59. The van der Waals surface area contributed by atoms with Crippen LogP contribution in [-0.4, -0.2) is 44.6 Å². The molecule has 0 aliphatic carbocycles. The Balaban J connectivity index is 2.17. The maximum Gasteiger partial charge on any atom is 0.241 e. The van der Waals surface area contributed by atoms with E-state index in [1.165, 1.54) is 0 Å². The van der Waals surface area contributed by atoms with Gasteiger partial charge in [0.1, 0.15) is 5.82 Å². The molecule has 0 saturated carbocycles. The number of amides is 1. The van der Waals surface area contributed by atoms with Crippen molar-refractivity contribution in [3.8, 4) is 0 Å². The van der Waals surface area contributed by atoms with Gasteiger partial charge in [-0.05, 0) is 12.1 Å². The number of piperazine rings is 1. The Bertz CT molecular complexity index is 374. The lowest BCUT2D eigenvalue weighted by atomic mass is 10.3. The van der Waals surface area contributed by atoms with Crippen LogP contribution in [0.3, 0.4) is 0 Å². The van der Waals surface area contributed by atoms with Gasteiger partial charge in [-0.1, -0.05) is 0 Å². The summed E-state index contributed by atoms with van der Waals surface area (Å²) in [5.41, 5.74) is 0.872. The van der Waals surface area contributed by atoms with E-state index < -0.39 is 0 Å². The number of rotatable bonds is 2. The molecule has 1 aliphatic rings. The van der Waals surface area contributed by atoms with Crippen LogP contribution in [-0.2, 0) is 4.79 Å². The fraction of sp³-hybridized carbons (Fsp3) is 0.455. The van der Waals surface area contributed by atoms with Crippen molar-refractivity contribution in [2.24, 2.45) is 0 Å². The zero-order chi connectivity index (χ0) is 11.5. The second-order valence-corrected chi connectivity index (χ2v) is 3.99. The number of carbonyl (C=O) groups is 1. The molecule has 5 heteroatoms. The molecule has 0 spiro atoms. The quantitative estimate of drug-likeness (QED) is 0.767. The second kappa shape index (κ2) is 4.49. The molecule has 2 heterocycles. The predicted octanol–water partition coefficient (Wildman–Crippen LogP) is 0.0838. The molecule has 0 unspecified atom stereocenters. The Labute approximate surface area is 95.1 Å². The zero-order valence-electron chi connectivity index (χ0n) is 9.60. The van der Waals surface area contributed by atoms with Crippen molar-refractivity contribution >= 4 is 17.4 Å². The summed E-state index contributed by atoms with van der Waals surface area (Å²) in [7, 11) is 3.88. The van der Waals surface area contributed by atoms with Crippen LogP contribution in [0.1, 0.15) is 0 Å². The van der Waals surface area contributed by atoms with Gasteiger partial charge < -0.3 is 15.1 Å². The molecule has 1 saturated heterocycles. The first-order valence-corrected chi connectivity index (χ1v) is 5.33. The van der Waals surface area contributed by atoms with Crippen LogP contribution in [0.4, 0.5) is 11.5 Å². The van der Waals surface area contributed by atoms with E-state index in [2.05, 4.69) is 10.3 Å². The van der Waals surface area contributed by atoms with Crippen LogP contribution in [0.5, 0.6) is 0 Å². The summed E-state index contributed by atoms with van der Waals surface area (Å²) in [4.78, 5) is 19.6. The Hall–Kier alpha value is -1.62. The summed E-state index contributed by atoms with van der Waals surface area (Å²) < 4.78 is 0. The van der Waals surface area contributed by atoms with E-state index in [0.717, 1.165) is 18.1 Å². The largest absolute Gasteiger partial charge is 0.363 e. The molecule has 2 rings (SSSR count). The molecule has 0 atom stereocenters. The minimum atomic E-state index is 0.102. The van der Waals surface area contributed by atoms with Gasteiger partial charge in [-0.15, -0.1) is 0 Å². The van der Waals surface area contributed by atoms with Crippen LogP contribution in [0.25, 0.3) is 0 Å². The van der Waals surface area contributed by atoms with Crippen LogP contribution in [0, 0.1) is 0 Å². The molecular formula is C11H16N4O. The Kier molecular flexibility index (Phi) is 3.05. The van der Waals surface area contributed by atoms with Crippen molar-refractivity contribution in [2.75, 3.05) is 43.5 Å². The van der Waals surface area contributed by atoms with E-state index in [4.69, 9.17) is 0 Å². The van der Waals surface area contributed by atoms with Crippen molar-refractivity contribution in [2.45, 2.75) is 0 Å². The van der Waals surface area contributed by atoms with Gasteiger partial charge in [0.25, 0.3) is 0 Å². The summed E-state index contributed by atoms with van der Waals surface area (Å²) in [6.07, 6.45) is 1.75. The van der Waals surface area contributed by atoms with Gasteiger partial charge >= 0.3 is 0 Å². The van der Waals surface area contributed by atoms with Crippen LogP contribution >= 0.6 is 0 Å². The normalized spacial score (nSPS) is 16.4. The summed E-state index contributed by atoms with van der Waals surface area (Å²) >= 11 is 0. The summed E-state index contributed by atoms with van der Waals surface area (Å²) in [5.74, 6) is 0.997. The fourth-order valence-electron chi connectivity index (χ4n) is 1.68. The van der Waals surface area contributed by atoms with Gasteiger partial charge in [0.15, 0.2) is 0 Å². The van der Waals surface area contributed by atoms with Crippen molar-refractivity contribution < 1.29 is 4.79 Å². The molecule has 16 heavy (non-hydrogen) atoms. The lowest BCUT2D eigenvalue weighted by Crippen LogP contribution is -2.48. The molecule has 1 aliphatic heterocycles. The number of nitrogens with zero attached hydrogens (tertiary/aromatic N) is 3. The first kappa shape index (κ1) is 10.9. The van der Waals surface area contributed by atoms with E-state index in [-0.39, 0.29) is 5.91 Å². The van der Waals surface area contributed by atoms with Crippen molar-refractivity contribution in [1.29, 1.82) is 0 Å². The lowest BCUT2D eigenvalue weighted by molar-refractivity contribution is -0.118. The predicted molar refractivity (Wildman–Crippen MR) is 63.8 cm³/mol. The van der Waals surface area contributed by atoms with Gasteiger partial charge in [0, 0.05) is 27.2 Å². The van der Waals surface area contributed by atoms with Crippen LogP contribution in [0.2, 0.25) is 0 Å². The summed E-state index contributed by atoms with van der Waals surface area (Å²) in [6, 6.07) is 3.86. The molecule has 0 bridgehead atoms.